The highest BCUT2D eigenvalue weighted by Crippen LogP contribution is 2.11. The highest BCUT2D eigenvalue weighted by atomic mass is 19.1. The van der Waals surface area contributed by atoms with Crippen LogP contribution in [0.2, 0.25) is 0 Å². The lowest BCUT2D eigenvalue weighted by atomic mass is 10.2. The Morgan fingerprint density at radius 2 is 2.10 bits per heavy atom. The van der Waals surface area contributed by atoms with Gasteiger partial charge in [0.15, 0.2) is 0 Å². The summed E-state index contributed by atoms with van der Waals surface area (Å²) >= 11 is 0. The molecule has 0 aliphatic carbocycles. The van der Waals surface area contributed by atoms with E-state index in [0.29, 0.717) is 30.1 Å². The Morgan fingerprint density at radius 3 is 2.75 bits per heavy atom. The molecule has 0 saturated heterocycles. The van der Waals surface area contributed by atoms with Gasteiger partial charge < -0.3 is 10.1 Å². The van der Waals surface area contributed by atoms with Gasteiger partial charge >= 0.3 is 5.97 Å². The van der Waals surface area contributed by atoms with E-state index >= 15 is 0 Å². The summed E-state index contributed by atoms with van der Waals surface area (Å²) in [5, 5.41) is 3.00. The van der Waals surface area contributed by atoms with Crippen LogP contribution in [-0.4, -0.2) is 17.6 Å². The predicted molar refractivity (Wildman–Crippen MR) is 73.9 cm³/mol. The Labute approximate surface area is 116 Å². The van der Waals surface area contributed by atoms with Gasteiger partial charge in [0.25, 0.3) is 0 Å². The van der Waals surface area contributed by atoms with Crippen molar-refractivity contribution in [3.8, 4) is 0 Å². The quantitative estimate of drug-likeness (QED) is 0.851. The van der Waals surface area contributed by atoms with Crippen LogP contribution in [0.25, 0.3) is 0 Å². The van der Waals surface area contributed by atoms with E-state index in [1.807, 2.05) is 0 Å². The van der Waals surface area contributed by atoms with Crippen LogP contribution < -0.4 is 5.32 Å². The van der Waals surface area contributed by atoms with Crippen LogP contribution in [0.3, 0.4) is 0 Å². The van der Waals surface area contributed by atoms with E-state index in [1.165, 1.54) is 12.3 Å². The molecule has 0 aliphatic rings. The Morgan fingerprint density at radius 1 is 1.30 bits per heavy atom. The van der Waals surface area contributed by atoms with Crippen molar-refractivity contribution < 1.29 is 13.9 Å². The van der Waals surface area contributed by atoms with Crippen molar-refractivity contribution >= 4 is 11.8 Å². The van der Waals surface area contributed by atoms with Gasteiger partial charge in [-0.2, -0.15) is 0 Å². The average Bonchev–Trinajstić information content (AvgIpc) is 2.47. The molecule has 2 aromatic rings. The Hall–Kier alpha value is -2.43. The molecule has 0 radical (unpaired) electrons. The van der Waals surface area contributed by atoms with Crippen LogP contribution in [0, 0.1) is 5.82 Å². The summed E-state index contributed by atoms with van der Waals surface area (Å²) in [4.78, 5) is 15.5. The number of carbonyl (C=O) groups excluding carboxylic acids is 1. The lowest BCUT2D eigenvalue weighted by Crippen LogP contribution is -2.07. The highest BCUT2D eigenvalue weighted by molar-refractivity contribution is 5.89. The number of anilines is 1. The zero-order chi connectivity index (χ0) is 14.4. The SMILES string of the molecule is CCOC(=O)c1ccc(NCc2ccccc2F)nc1. The minimum absolute atomic E-state index is 0.261. The lowest BCUT2D eigenvalue weighted by molar-refractivity contribution is 0.0526. The predicted octanol–water partition coefficient (Wildman–Crippen LogP) is 3.01. The number of halogens is 1. The molecular formula is C15H15FN2O2. The van der Waals surface area contributed by atoms with Gasteiger partial charge in [-0.15, -0.1) is 0 Å². The van der Waals surface area contributed by atoms with Gasteiger partial charge in [-0.3, -0.25) is 0 Å². The molecule has 104 valence electrons. The summed E-state index contributed by atoms with van der Waals surface area (Å²) < 4.78 is 18.3. The van der Waals surface area contributed by atoms with E-state index in [2.05, 4.69) is 10.3 Å². The van der Waals surface area contributed by atoms with E-state index in [1.54, 1.807) is 37.3 Å². The van der Waals surface area contributed by atoms with Crippen molar-refractivity contribution in [3.05, 3.63) is 59.5 Å². The van der Waals surface area contributed by atoms with E-state index in [4.69, 9.17) is 4.74 Å². The maximum absolute atomic E-state index is 13.4. The van der Waals surface area contributed by atoms with Gasteiger partial charge in [-0.25, -0.2) is 14.2 Å². The topological polar surface area (TPSA) is 51.2 Å². The molecule has 20 heavy (non-hydrogen) atoms. The van der Waals surface area contributed by atoms with Crippen LogP contribution in [0.4, 0.5) is 10.2 Å². The van der Waals surface area contributed by atoms with Gasteiger partial charge in [0.1, 0.15) is 11.6 Å². The smallest absolute Gasteiger partial charge is 0.339 e. The van der Waals surface area contributed by atoms with Crippen LogP contribution in [0.1, 0.15) is 22.8 Å². The van der Waals surface area contributed by atoms with Crippen LogP contribution >= 0.6 is 0 Å². The fourth-order valence-corrected chi connectivity index (χ4v) is 1.66. The minimum Gasteiger partial charge on any atom is -0.462 e. The second-order valence-corrected chi connectivity index (χ2v) is 4.10. The summed E-state index contributed by atoms with van der Waals surface area (Å²) in [6, 6.07) is 9.81. The van der Waals surface area contributed by atoms with Crippen molar-refractivity contribution in [2.75, 3.05) is 11.9 Å². The maximum Gasteiger partial charge on any atom is 0.339 e. The molecule has 0 unspecified atom stereocenters. The van der Waals surface area contributed by atoms with Crippen LogP contribution in [-0.2, 0) is 11.3 Å². The number of hydrogen-bond acceptors (Lipinski definition) is 4. The monoisotopic (exact) mass is 274 g/mol. The lowest BCUT2D eigenvalue weighted by Gasteiger charge is -2.07. The minimum atomic E-state index is -0.402. The van der Waals surface area contributed by atoms with Crippen LogP contribution in [0.15, 0.2) is 42.6 Å². The second-order valence-electron chi connectivity index (χ2n) is 4.10. The molecular weight excluding hydrogens is 259 g/mol. The molecule has 0 atom stereocenters. The third-order valence-electron chi connectivity index (χ3n) is 2.69. The standard InChI is InChI=1S/C15H15FN2O2/c1-2-20-15(19)12-7-8-14(18-10-12)17-9-11-5-3-4-6-13(11)16/h3-8,10H,2,9H2,1H3,(H,17,18). The van der Waals surface area contributed by atoms with E-state index in [-0.39, 0.29) is 5.82 Å². The van der Waals surface area contributed by atoms with E-state index in [0.717, 1.165) is 0 Å². The average molecular weight is 274 g/mol. The summed E-state index contributed by atoms with van der Waals surface area (Å²) in [7, 11) is 0. The fourth-order valence-electron chi connectivity index (χ4n) is 1.66. The van der Waals surface area contributed by atoms with Crippen LogP contribution in [0.5, 0.6) is 0 Å². The number of pyridine rings is 1. The third kappa shape index (κ3) is 3.54. The van der Waals surface area contributed by atoms with Gasteiger partial charge in [0.05, 0.1) is 12.2 Å². The summed E-state index contributed by atoms with van der Waals surface area (Å²) in [6.45, 7) is 2.40. The Kier molecular flexibility index (Phi) is 4.65. The number of esters is 1. The van der Waals surface area contributed by atoms with Crippen molar-refractivity contribution in [3.63, 3.8) is 0 Å². The number of rotatable bonds is 5. The molecule has 5 heteroatoms. The molecule has 0 aliphatic heterocycles. The van der Waals surface area contributed by atoms with Crippen molar-refractivity contribution in [2.24, 2.45) is 0 Å². The first-order chi connectivity index (χ1) is 9.70. The van der Waals surface area contributed by atoms with Crippen molar-refractivity contribution in [2.45, 2.75) is 13.5 Å². The molecule has 1 N–H and O–H groups in total. The first-order valence-corrected chi connectivity index (χ1v) is 6.31. The molecule has 1 heterocycles. The van der Waals surface area contributed by atoms with Gasteiger partial charge in [-0.05, 0) is 25.1 Å². The largest absolute Gasteiger partial charge is 0.462 e. The van der Waals surface area contributed by atoms with E-state index in [9.17, 15) is 9.18 Å². The molecule has 0 amide bonds. The van der Waals surface area contributed by atoms with Gasteiger partial charge in [0, 0.05) is 18.3 Å². The number of carbonyl (C=O) groups is 1. The molecule has 2 rings (SSSR count). The summed E-state index contributed by atoms with van der Waals surface area (Å²) in [5.41, 5.74) is 0.951. The fraction of sp³-hybridized carbons (Fsp3) is 0.200. The maximum atomic E-state index is 13.4. The molecule has 4 nitrogen and oxygen atoms in total. The summed E-state index contributed by atoms with van der Waals surface area (Å²) in [6.07, 6.45) is 1.43. The summed E-state index contributed by atoms with van der Waals surface area (Å²) in [5.74, 6) is -0.0925. The number of nitrogens with zero attached hydrogens (tertiary/aromatic N) is 1. The highest BCUT2D eigenvalue weighted by Gasteiger charge is 2.06. The molecule has 0 spiro atoms. The second kappa shape index (κ2) is 6.65. The molecule has 0 fully saturated rings. The Balaban J connectivity index is 1.98. The van der Waals surface area contributed by atoms with Gasteiger partial charge in [0.2, 0.25) is 0 Å². The molecule has 0 bridgehead atoms. The van der Waals surface area contributed by atoms with Crippen molar-refractivity contribution in [1.29, 1.82) is 0 Å². The van der Waals surface area contributed by atoms with Crippen molar-refractivity contribution in [1.82, 2.24) is 4.98 Å². The number of aromatic nitrogens is 1. The molecule has 0 saturated carbocycles. The van der Waals surface area contributed by atoms with Gasteiger partial charge in [-0.1, -0.05) is 18.2 Å². The first kappa shape index (κ1) is 14.0. The third-order valence-corrected chi connectivity index (χ3v) is 2.69. The number of benzene rings is 1. The number of ether oxygens (including phenoxy) is 1. The number of hydrogen-bond donors (Lipinski definition) is 1. The zero-order valence-electron chi connectivity index (χ0n) is 11.1. The molecule has 1 aromatic heterocycles. The zero-order valence-corrected chi connectivity index (χ0v) is 11.1. The molecule has 1 aromatic carbocycles. The Bertz CT molecular complexity index is 585. The van der Waals surface area contributed by atoms with E-state index < -0.39 is 5.97 Å². The first-order valence-electron chi connectivity index (χ1n) is 6.31. The number of nitrogens with one attached hydrogen (secondary N) is 1. The normalized spacial score (nSPS) is 10.1.